The number of aromatic hydroxyl groups is 2. The second-order valence-electron chi connectivity index (χ2n) is 5.29. The second kappa shape index (κ2) is 7.40. The van der Waals surface area contributed by atoms with Gasteiger partial charge in [0, 0.05) is 0 Å². The van der Waals surface area contributed by atoms with Crippen LogP contribution in [0, 0.1) is 0 Å². The van der Waals surface area contributed by atoms with E-state index in [-0.39, 0.29) is 12.3 Å². The van der Waals surface area contributed by atoms with Crippen LogP contribution in [0.25, 0.3) is 0 Å². The number of halogens is 6. The molecule has 0 heterocycles. The van der Waals surface area contributed by atoms with Crippen LogP contribution in [0.5, 0.6) is 11.5 Å². The van der Waals surface area contributed by atoms with Gasteiger partial charge in [-0.3, -0.25) is 0 Å². The summed E-state index contributed by atoms with van der Waals surface area (Å²) in [5, 5.41) is 18.7. The minimum atomic E-state index is -5.82. The molecule has 0 bridgehead atoms. The van der Waals surface area contributed by atoms with Crippen LogP contribution in [0.2, 0.25) is 0 Å². The second-order valence-corrected chi connectivity index (χ2v) is 5.29. The summed E-state index contributed by atoms with van der Waals surface area (Å²) in [5.41, 5.74) is 2.33. The lowest BCUT2D eigenvalue weighted by atomic mass is 9.72. The van der Waals surface area contributed by atoms with Crippen LogP contribution >= 0.6 is 0 Å². The van der Waals surface area contributed by atoms with Gasteiger partial charge >= 0.3 is 12.4 Å². The van der Waals surface area contributed by atoms with Crippen molar-refractivity contribution < 1.29 is 36.6 Å². The van der Waals surface area contributed by atoms with Crippen molar-refractivity contribution in [3.63, 3.8) is 0 Å². The quantitative estimate of drug-likeness (QED) is 0.253. The fourth-order valence-corrected chi connectivity index (χ4v) is 2.56. The monoisotopic (exact) mass is 400 g/mol. The predicted molar refractivity (Wildman–Crippen MR) is 88.0 cm³/mol. The number of nitrogen functional groups attached to an aromatic ring is 2. The summed E-state index contributed by atoms with van der Waals surface area (Å²) < 4.78 is 82.7. The number of hydrogen-bond donors (Lipinski definition) is 6. The van der Waals surface area contributed by atoms with Crippen molar-refractivity contribution in [3.8, 4) is 11.5 Å². The van der Waals surface area contributed by atoms with E-state index in [9.17, 15) is 36.6 Å². The Morgan fingerprint density at radius 2 is 0.926 bits per heavy atom. The highest BCUT2D eigenvalue weighted by molar-refractivity contribution is 5.61. The number of alkyl halides is 6. The largest absolute Gasteiger partial charge is 0.506 e. The molecule has 0 radical (unpaired) electrons. The van der Waals surface area contributed by atoms with Gasteiger partial charge < -0.3 is 34.0 Å². The van der Waals surface area contributed by atoms with Gasteiger partial charge in [-0.25, -0.2) is 0 Å². The van der Waals surface area contributed by atoms with E-state index in [0.29, 0.717) is 36.4 Å². The van der Waals surface area contributed by atoms with Crippen LogP contribution in [0.15, 0.2) is 36.4 Å². The van der Waals surface area contributed by atoms with Gasteiger partial charge in [0.1, 0.15) is 11.5 Å². The lowest BCUT2D eigenvalue weighted by molar-refractivity contribution is -0.288. The van der Waals surface area contributed by atoms with E-state index in [2.05, 4.69) is 0 Å². The van der Waals surface area contributed by atoms with Crippen molar-refractivity contribution in [2.24, 2.45) is 0 Å². The van der Waals surface area contributed by atoms with Gasteiger partial charge in [-0.2, -0.15) is 26.3 Å². The highest BCUT2D eigenvalue weighted by Crippen LogP contribution is 2.57. The van der Waals surface area contributed by atoms with Crippen molar-refractivity contribution in [2.45, 2.75) is 17.8 Å². The number of hydrogen-bond acceptors (Lipinski definition) is 6. The normalized spacial score (nSPS) is 12.1. The molecular formula is C15H18F6N4O2. The molecule has 0 fully saturated rings. The third-order valence-electron chi connectivity index (χ3n) is 3.77. The summed E-state index contributed by atoms with van der Waals surface area (Å²) in [4.78, 5) is 0. The van der Waals surface area contributed by atoms with E-state index in [0.717, 1.165) is 0 Å². The van der Waals surface area contributed by atoms with Gasteiger partial charge in [-0.1, -0.05) is 12.1 Å². The first-order valence-electron chi connectivity index (χ1n) is 6.63. The summed E-state index contributed by atoms with van der Waals surface area (Å²) in [6.07, 6.45) is -11.6. The van der Waals surface area contributed by atoms with E-state index in [1.807, 2.05) is 0 Å². The predicted octanol–water partition coefficient (Wildman–Crippen LogP) is 4.00. The Hall–Kier alpha value is -2.86. The fraction of sp³-hybridized carbons (Fsp3) is 0.200. The van der Waals surface area contributed by atoms with Gasteiger partial charge in [0.15, 0.2) is 0 Å². The summed E-state index contributed by atoms with van der Waals surface area (Å²) in [7, 11) is 0. The zero-order chi connectivity index (χ0) is 19.2. The van der Waals surface area contributed by atoms with Crippen LogP contribution in [-0.2, 0) is 5.41 Å². The van der Waals surface area contributed by atoms with Crippen LogP contribution in [0.3, 0.4) is 0 Å². The fourth-order valence-electron chi connectivity index (χ4n) is 2.56. The Kier molecular flexibility index (Phi) is 6.62. The molecule has 0 aliphatic rings. The van der Waals surface area contributed by atoms with Gasteiger partial charge in [0.25, 0.3) is 0 Å². The van der Waals surface area contributed by atoms with Crippen LogP contribution in [-0.4, -0.2) is 22.6 Å². The van der Waals surface area contributed by atoms with Crippen molar-refractivity contribution in [3.05, 3.63) is 47.5 Å². The smallest absolute Gasteiger partial charge is 0.411 e. The molecule has 12 N–H and O–H groups in total. The average Bonchev–Trinajstić information content (AvgIpc) is 2.44. The van der Waals surface area contributed by atoms with Crippen molar-refractivity contribution >= 4 is 11.4 Å². The average molecular weight is 400 g/mol. The molecule has 152 valence electrons. The molecule has 0 aromatic heterocycles. The van der Waals surface area contributed by atoms with Crippen molar-refractivity contribution in [1.82, 2.24) is 12.3 Å². The lowest BCUT2D eigenvalue weighted by Crippen LogP contribution is -2.54. The first-order chi connectivity index (χ1) is 11.3. The Labute approximate surface area is 149 Å². The molecule has 6 nitrogen and oxygen atoms in total. The molecule has 0 atom stereocenters. The van der Waals surface area contributed by atoms with Gasteiger partial charge in [0.2, 0.25) is 5.41 Å². The summed E-state index contributed by atoms with van der Waals surface area (Å²) in [6, 6.07) is 3.05. The van der Waals surface area contributed by atoms with E-state index in [1.165, 1.54) is 0 Å². The molecule has 2 aromatic rings. The maximum absolute atomic E-state index is 13.8. The number of benzene rings is 2. The molecule has 0 unspecified atom stereocenters. The zero-order valence-corrected chi connectivity index (χ0v) is 13.7. The molecule has 2 aromatic carbocycles. The van der Waals surface area contributed by atoms with Crippen LogP contribution in [0.1, 0.15) is 11.1 Å². The summed E-state index contributed by atoms with van der Waals surface area (Å²) >= 11 is 0. The summed E-state index contributed by atoms with van der Waals surface area (Å²) in [6.45, 7) is 0. The van der Waals surface area contributed by atoms with Crippen LogP contribution < -0.4 is 23.8 Å². The number of nitrogens with two attached hydrogens (primary N) is 2. The van der Waals surface area contributed by atoms with Gasteiger partial charge in [-0.15, -0.1) is 0 Å². The number of phenols is 2. The zero-order valence-electron chi connectivity index (χ0n) is 13.7. The van der Waals surface area contributed by atoms with Gasteiger partial charge in [-0.05, 0) is 35.4 Å². The van der Waals surface area contributed by atoms with Crippen molar-refractivity contribution in [2.75, 3.05) is 11.5 Å². The number of anilines is 2. The minimum Gasteiger partial charge on any atom is -0.506 e. The van der Waals surface area contributed by atoms with E-state index in [1.54, 1.807) is 0 Å². The van der Waals surface area contributed by atoms with E-state index >= 15 is 0 Å². The third kappa shape index (κ3) is 3.66. The molecule has 27 heavy (non-hydrogen) atoms. The topological polar surface area (TPSA) is 162 Å². The Morgan fingerprint density at radius 3 is 1.15 bits per heavy atom. The van der Waals surface area contributed by atoms with Crippen molar-refractivity contribution in [1.29, 1.82) is 0 Å². The maximum atomic E-state index is 13.8. The van der Waals surface area contributed by atoms with Crippen LogP contribution in [0.4, 0.5) is 37.7 Å². The SMILES string of the molecule is N.N.Nc1cc(C(c2ccc(O)c(N)c2)(C(F)(F)F)C(F)(F)F)ccc1O. The lowest BCUT2D eigenvalue weighted by Gasteiger charge is -2.38. The Balaban J connectivity index is 0.00000338. The third-order valence-corrected chi connectivity index (χ3v) is 3.77. The Morgan fingerprint density at radius 1 is 0.630 bits per heavy atom. The van der Waals surface area contributed by atoms with Gasteiger partial charge in [0.05, 0.1) is 11.4 Å². The first kappa shape index (κ1) is 24.1. The highest BCUT2D eigenvalue weighted by Gasteiger charge is 2.72. The molecule has 2 rings (SSSR count). The molecule has 0 aliphatic carbocycles. The number of rotatable bonds is 2. The van der Waals surface area contributed by atoms with E-state index in [4.69, 9.17) is 11.5 Å². The molecular weight excluding hydrogens is 382 g/mol. The first-order valence-corrected chi connectivity index (χ1v) is 6.63. The standard InChI is InChI=1S/C15H12F6N2O2.2H3N/c16-14(17,18)13(15(19,20)21,7-1-3-11(24)9(22)5-7)8-2-4-12(25)10(23)6-8;;/h1-6,24-25H,22-23H2;2*1H3. The molecule has 0 amide bonds. The molecule has 0 aliphatic heterocycles. The number of phenolic OH excluding ortho intramolecular Hbond substituents is 2. The molecule has 0 spiro atoms. The van der Waals surface area contributed by atoms with E-state index < -0.39 is 51.8 Å². The molecule has 0 saturated carbocycles. The molecule has 12 heteroatoms. The Bertz CT molecular complexity index is 740. The highest BCUT2D eigenvalue weighted by atomic mass is 19.4. The minimum absolute atomic E-state index is 0. The maximum Gasteiger partial charge on any atom is 0.411 e. The molecule has 0 saturated heterocycles. The summed E-state index contributed by atoms with van der Waals surface area (Å²) in [5.74, 6) is -1.32.